The minimum absolute atomic E-state index is 0.548. The van der Waals surface area contributed by atoms with Gasteiger partial charge in [0.1, 0.15) is 0 Å². The van der Waals surface area contributed by atoms with Crippen molar-refractivity contribution < 1.29 is 4.21 Å². The molecule has 1 aromatic heterocycles. The summed E-state index contributed by atoms with van der Waals surface area (Å²) in [5, 5.41) is 2.56. The Morgan fingerprint density at radius 2 is 2.17 bits per heavy atom. The Kier molecular flexibility index (Phi) is 4.88. The number of pyridine rings is 1. The average Bonchev–Trinajstić information content (AvgIpc) is 2.94. The molecule has 0 bridgehead atoms. The van der Waals surface area contributed by atoms with Gasteiger partial charge in [0.25, 0.3) is 0 Å². The molecule has 0 aliphatic carbocycles. The molecule has 2 heterocycles. The van der Waals surface area contributed by atoms with Gasteiger partial charge in [-0.25, -0.2) is 4.21 Å². The van der Waals surface area contributed by atoms with Gasteiger partial charge in [0.15, 0.2) is 11.0 Å². The van der Waals surface area contributed by atoms with Gasteiger partial charge in [-0.15, -0.1) is 0 Å². The normalized spacial score (nSPS) is 16.8. The molecule has 0 amide bonds. The van der Waals surface area contributed by atoms with Crippen LogP contribution in [0.1, 0.15) is 18.9 Å². The first-order valence-electron chi connectivity index (χ1n) is 7.75. The smallest absolute Gasteiger partial charge is 0.153 e. The van der Waals surface area contributed by atoms with Gasteiger partial charge in [0.05, 0.1) is 10.6 Å². The number of rotatable bonds is 4. The minimum Gasteiger partial charge on any atom is -0.287 e. The zero-order chi connectivity index (χ0) is 17.3. The molecule has 1 atom stereocenters. The third-order valence-corrected chi connectivity index (χ3v) is 5.95. The van der Waals surface area contributed by atoms with E-state index < -0.39 is 11.0 Å². The summed E-state index contributed by atoms with van der Waals surface area (Å²) >= 11 is 6.12. The first kappa shape index (κ1) is 16.9. The SMILES string of the molecule is C=C/C(Cl)=C\C1=C(C)CCN1S(=O)c1cccc2cncc(C)c12. The Morgan fingerprint density at radius 3 is 2.92 bits per heavy atom. The largest absolute Gasteiger partial charge is 0.287 e. The van der Waals surface area contributed by atoms with Crippen molar-refractivity contribution in [2.45, 2.75) is 25.2 Å². The van der Waals surface area contributed by atoms with Crippen LogP contribution in [-0.4, -0.2) is 20.0 Å². The highest BCUT2D eigenvalue weighted by Gasteiger charge is 2.25. The third kappa shape index (κ3) is 3.04. The molecule has 2 aromatic rings. The number of halogens is 1. The van der Waals surface area contributed by atoms with Crippen LogP contribution in [0.25, 0.3) is 10.8 Å². The van der Waals surface area contributed by atoms with Crippen molar-refractivity contribution in [3.05, 3.63) is 71.2 Å². The van der Waals surface area contributed by atoms with Crippen molar-refractivity contribution in [1.82, 2.24) is 9.29 Å². The van der Waals surface area contributed by atoms with Crippen molar-refractivity contribution in [2.75, 3.05) is 6.54 Å². The molecule has 124 valence electrons. The fraction of sp³-hybridized carbons (Fsp3) is 0.211. The zero-order valence-electron chi connectivity index (χ0n) is 13.8. The van der Waals surface area contributed by atoms with Crippen molar-refractivity contribution in [3.63, 3.8) is 0 Å². The maximum Gasteiger partial charge on any atom is 0.153 e. The molecule has 3 rings (SSSR count). The van der Waals surface area contributed by atoms with Crippen molar-refractivity contribution in [1.29, 1.82) is 0 Å². The molecule has 0 spiro atoms. The number of nitrogens with zero attached hydrogens (tertiary/aromatic N) is 2. The van der Waals surface area contributed by atoms with Crippen LogP contribution in [0, 0.1) is 6.92 Å². The molecule has 1 aliphatic rings. The second kappa shape index (κ2) is 6.91. The molecular formula is C19H19ClN2OS. The molecule has 5 heteroatoms. The van der Waals surface area contributed by atoms with E-state index in [1.54, 1.807) is 6.08 Å². The topological polar surface area (TPSA) is 33.2 Å². The predicted molar refractivity (Wildman–Crippen MR) is 101 cm³/mol. The van der Waals surface area contributed by atoms with Crippen LogP contribution < -0.4 is 0 Å². The van der Waals surface area contributed by atoms with Gasteiger partial charge in [-0.1, -0.05) is 36.4 Å². The summed E-state index contributed by atoms with van der Waals surface area (Å²) < 4.78 is 15.2. The second-order valence-electron chi connectivity index (χ2n) is 5.81. The van der Waals surface area contributed by atoms with Gasteiger partial charge in [-0.2, -0.15) is 0 Å². The maximum atomic E-state index is 13.3. The lowest BCUT2D eigenvalue weighted by molar-refractivity contribution is 0.577. The number of fused-ring (bicyclic) bond motifs is 1. The van der Waals surface area contributed by atoms with Gasteiger partial charge in [-0.05, 0) is 43.5 Å². The average molecular weight is 359 g/mol. The molecule has 0 fully saturated rings. The Hall–Kier alpha value is -1.91. The van der Waals surface area contributed by atoms with E-state index in [9.17, 15) is 4.21 Å². The summed E-state index contributed by atoms with van der Waals surface area (Å²) in [6.45, 7) is 8.45. The van der Waals surface area contributed by atoms with Gasteiger partial charge in [-0.3, -0.25) is 9.29 Å². The molecule has 0 saturated carbocycles. The fourth-order valence-corrected chi connectivity index (χ4v) is 4.56. The minimum atomic E-state index is -1.30. The lowest BCUT2D eigenvalue weighted by atomic mass is 10.1. The summed E-state index contributed by atoms with van der Waals surface area (Å²) in [6, 6.07) is 5.85. The van der Waals surface area contributed by atoms with E-state index in [1.807, 2.05) is 47.9 Å². The van der Waals surface area contributed by atoms with Crippen LogP contribution in [0.4, 0.5) is 0 Å². The molecule has 0 radical (unpaired) electrons. The van der Waals surface area contributed by atoms with Crippen LogP contribution in [-0.2, 0) is 11.0 Å². The Bertz CT molecular complexity index is 896. The molecule has 0 saturated heterocycles. The molecule has 24 heavy (non-hydrogen) atoms. The molecular weight excluding hydrogens is 340 g/mol. The molecule has 1 aliphatic heterocycles. The quantitative estimate of drug-likeness (QED) is 0.731. The van der Waals surface area contributed by atoms with E-state index in [2.05, 4.69) is 18.5 Å². The third-order valence-electron chi connectivity index (χ3n) is 4.19. The van der Waals surface area contributed by atoms with Crippen LogP contribution in [0.15, 0.2) is 70.5 Å². The number of hydrogen-bond acceptors (Lipinski definition) is 2. The maximum absolute atomic E-state index is 13.3. The van der Waals surface area contributed by atoms with Gasteiger partial charge < -0.3 is 0 Å². The van der Waals surface area contributed by atoms with Crippen molar-refractivity contribution >= 4 is 33.4 Å². The highest BCUT2D eigenvalue weighted by atomic mass is 35.5. The number of allylic oxidation sites excluding steroid dienone is 3. The fourth-order valence-electron chi connectivity index (χ4n) is 2.92. The van der Waals surface area contributed by atoms with Crippen molar-refractivity contribution in [3.8, 4) is 0 Å². The predicted octanol–water partition coefficient (Wildman–Crippen LogP) is 4.85. The van der Waals surface area contributed by atoms with Gasteiger partial charge >= 0.3 is 0 Å². The zero-order valence-corrected chi connectivity index (χ0v) is 15.3. The Labute approximate surface area is 149 Å². The monoisotopic (exact) mass is 358 g/mol. The number of aryl methyl sites for hydroxylation is 1. The highest BCUT2D eigenvalue weighted by molar-refractivity contribution is 7.83. The van der Waals surface area contributed by atoms with E-state index in [4.69, 9.17) is 11.6 Å². The van der Waals surface area contributed by atoms with E-state index >= 15 is 0 Å². The van der Waals surface area contributed by atoms with E-state index in [0.717, 1.165) is 33.3 Å². The standard InChI is InChI=1S/C19H19ClN2OS/c1-4-16(20)10-17-13(2)8-9-22(17)24(23)18-7-5-6-15-12-21-11-14(3)19(15)18/h4-7,10-12H,1,8-9H2,2-3H3/b16-10+. The van der Waals surface area contributed by atoms with Crippen LogP contribution in [0.3, 0.4) is 0 Å². The summed E-state index contributed by atoms with van der Waals surface area (Å²) in [7, 11) is -1.30. The molecule has 3 nitrogen and oxygen atoms in total. The van der Waals surface area contributed by atoms with Crippen LogP contribution >= 0.6 is 11.6 Å². The lowest BCUT2D eigenvalue weighted by Gasteiger charge is -2.21. The summed E-state index contributed by atoms with van der Waals surface area (Å²) in [5.74, 6) is 0. The van der Waals surface area contributed by atoms with E-state index in [0.29, 0.717) is 11.6 Å². The summed E-state index contributed by atoms with van der Waals surface area (Å²) in [6.07, 6.45) is 7.93. The molecule has 1 unspecified atom stereocenters. The molecule has 1 aromatic carbocycles. The van der Waals surface area contributed by atoms with Gasteiger partial charge in [0, 0.05) is 34.7 Å². The first-order chi connectivity index (χ1) is 11.5. The highest BCUT2D eigenvalue weighted by Crippen LogP contribution is 2.32. The lowest BCUT2D eigenvalue weighted by Crippen LogP contribution is -2.22. The summed E-state index contributed by atoms with van der Waals surface area (Å²) in [4.78, 5) is 5.04. The van der Waals surface area contributed by atoms with E-state index in [1.165, 1.54) is 5.57 Å². The Balaban J connectivity index is 2.09. The van der Waals surface area contributed by atoms with Crippen LogP contribution in [0.5, 0.6) is 0 Å². The Morgan fingerprint density at radius 1 is 1.38 bits per heavy atom. The number of aromatic nitrogens is 1. The number of benzene rings is 1. The summed E-state index contributed by atoms with van der Waals surface area (Å²) in [5.41, 5.74) is 3.13. The van der Waals surface area contributed by atoms with Crippen molar-refractivity contribution in [2.24, 2.45) is 0 Å². The van der Waals surface area contributed by atoms with Gasteiger partial charge in [0.2, 0.25) is 0 Å². The second-order valence-corrected chi connectivity index (χ2v) is 7.63. The molecule has 0 N–H and O–H groups in total. The van der Waals surface area contributed by atoms with Crippen LogP contribution in [0.2, 0.25) is 0 Å². The number of hydrogen-bond donors (Lipinski definition) is 0. The first-order valence-corrected chi connectivity index (χ1v) is 9.23. The van der Waals surface area contributed by atoms with E-state index in [-0.39, 0.29) is 0 Å².